The van der Waals surface area contributed by atoms with Gasteiger partial charge >= 0.3 is 0 Å². The van der Waals surface area contributed by atoms with Gasteiger partial charge in [0.05, 0.1) is 12.2 Å². The summed E-state index contributed by atoms with van der Waals surface area (Å²) in [6.45, 7) is 5.98. The van der Waals surface area contributed by atoms with Crippen LogP contribution in [0.5, 0.6) is 0 Å². The molecule has 0 spiro atoms. The molecule has 1 heterocycles. The number of aryl methyl sites for hydroxylation is 1. The van der Waals surface area contributed by atoms with Crippen LogP contribution in [0, 0.1) is 6.92 Å². The molecule has 1 aromatic carbocycles. The first-order valence-electron chi connectivity index (χ1n) is 10.8. The van der Waals surface area contributed by atoms with Crippen molar-refractivity contribution in [3.63, 3.8) is 0 Å². The molecule has 3 rings (SSSR count). The van der Waals surface area contributed by atoms with E-state index in [0.29, 0.717) is 22.2 Å². The van der Waals surface area contributed by atoms with Crippen molar-refractivity contribution in [3.05, 3.63) is 52.4 Å². The van der Waals surface area contributed by atoms with Gasteiger partial charge in [0, 0.05) is 12.1 Å². The average Bonchev–Trinajstić information content (AvgIpc) is 3.27. The van der Waals surface area contributed by atoms with Gasteiger partial charge in [-0.05, 0) is 57.5 Å². The summed E-state index contributed by atoms with van der Waals surface area (Å²) in [4.78, 5) is 24.0. The van der Waals surface area contributed by atoms with Crippen LogP contribution < -0.4 is 10.4 Å². The van der Waals surface area contributed by atoms with Gasteiger partial charge in [0.15, 0.2) is 5.82 Å². The van der Waals surface area contributed by atoms with E-state index in [2.05, 4.69) is 34.3 Å². The van der Waals surface area contributed by atoms with Crippen molar-refractivity contribution in [2.24, 2.45) is 0 Å². The number of hydrogen-bond donors (Lipinski definition) is 1. The minimum absolute atomic E-state index is 0.153. The van der Waals surface area contributed by atoms with Crippen LogP contribution in [0.25, 0.3) is 0 Å². The maximum absolute atomic E-state index is 13.0. The first kappa shape index (κ1) is 22.5. The minimum atomic E-state index is -0.153. The summed E-state index contributed by atoms with van der Waals surface area (Å²) in [6.07, 6.45) is 8.26. The third kappa shape index (κ3) is 5.92. The second-order valence-electron chi connectivity index (χ2n) is 8.13. The van der Waals surface area contributed by atoms with Crippen molar-refractivity contribution in [2.45, 2.75) is 65.0 Å². The van der Waals surface area contributed by atoms with Gasteiger partial charge < -0.3 is 4.90 Å². The van der Waals surface area contributed by atoms with Crippen LogP contribution in [-0.4, -0.2) is 40.4 Å². The molecule has 2 aromatic rings. The molecule has 1 aromatic heterocycles. The number of carbonyl (C=O) groups is 1. The molecular weight excluding hydrogens is 398 g/mol. The number of hydrazine groups is 1. The zero-order valence-corrected chi connectivity index (χ0v) is 19.0. The molecule has 0 bridgehead atoms. The lowest BCUT2D eigenvalue weighted by Gasteiger charge is -2.30. The summed E-state index contributed by atoms with van der Waals surface area (Å²) >= 11 is 6.38. The monoisotopic (exact) mass is 429 g/mol. The molecule has 0 saturated heterocycles. The van der Waals surface area contributed by atoms with E-state index >= 15 is 0 Å². The summed E-state index contributed by atoms with van der Waals surface area (Å²) in [5.41, 5.74) is 4.88. The molecule has 30 heavy (non-hydrogen) atoms. The van der Waals surface area contributed by atoms with E-state index in [1.807, 2.05) is 36.2 Å². The highest BCUT2D eigenvalue weighted by Crippen LogP contribution is 2.30. The Morgan fingerprint density at radius 3 is 2.60 bits per heavy atom. The van der Waals surface area contributed by atoms with E-state index < -0.39 is 0 Å². The van der Waals surface area contributed by atoms with E-state index in [1.165, 1.54) is 18.4 Å². The maximum atomic E-state index is 13.0. The number of nitrogens with zero attached hydrogens (tertiary/aromatic N) is 4. The smallest absolute Gasteiger partial charge is 0.269 e. The molecule has 0 aliphatic heterocycles. The highest BCUT2D eigenvalue weighted by Gasteiger charge is 2.27. The Hall–Kier alpha value is -2.18. The zero-order valence-electron chi connectivity index (χ0n) is 18.2. The molecule has 1 aliphatic rings. The lowest BCUT2D eigenvalue weighted by molar-refractivity contribution is 0.0944. The molecule has 6 nitrogen and oxygen atoms in total. The van der Waals surface area contributed by atoms with Gasteiger partial charge in [-0.1, -0.05) is 49.9 Å². The van der Waals surface area contributed by atoms with Crippen molar-refractivity contribution in [1.82, 2.24) is 20.3 Å². The number of rotatable bonds is 9. The highest BCUT2D eigenvalue weighted by atomic mass is 35.5. The van der Waals surface area contributed by atoms with E-state index in [0.717, 1.165) is 38.8 Å². The fraction of sp³-hybridized carbons (Fsp3) is 0.522. The molecular formula is C23H32ClN5O. The predicted molar refractivity (Wildman–Crippen MR) is 122 cm³/mol. The normalized spacial score (nSPS) is 14.3. The van der Waals surface area contributed by atoms with Crippen molar-refractivity contribution in [2.75, 3.05) is 18.6 Å². The van der Waals surface area contributed by atoms with Gasteiger partial charge in [-0.15, -0.1) is 0 Å². The number of amides is 1. The van der Waals surface area contributed by atoms with Crippen LogP contribution in [0.4, 0.5) is 5.82 Å². The van der Waals surface area contributed by atoms with Crippen LogP contribution >= 0.6 is 11.6 Å². The molecule has 0 atom stereocenters. The molecule has 0 unspecified atom stereocenters. The lowest BCUT2D eigenvalue weighted by Crippen LogP contribution is -2.48. The SMILES string of the molecule is CCCCN(C)Cc1ccc(C(=O)NN(c2nc(C)ncc2Cl)C2CCCC2)cc1. The van der Waals surface area contributed by atoms with Crippen LogP contribution in [-0.2, 0) is 6.54 Å². The molecule has 1 N–H and O–H groups in total. The van der Waals surface area contributed by atoms with Crippen molar-refractivity contribution in [3.8, 4) is 0 Å². The van der Waals surface area contributed by atoms with Gasteiger partial charge in [-0.3, -0.25) is 15.2 Å². The van der Waals surface area contributed by atoms with Crippen LogP contribution in [0.15, 0.2) is 30.5 Å². The molecule has 162 valence electrons. The molecule has 1 fully saturated rings. The third-order valence-corrected chi connectivity index (χ3v) is 5.81. The Morgan fingerprint density at radius 1 is 1.23 bits per heavy atom. The number of hydrogen-bond acceptors (Lipinski definition) is 5. The van der Waals surface area contributed by atoms with Gasteiger partial charge in [-0.25, -0.2) is 9.97 Å². The summed E-state index contributed by atoms with van der Waals surface area (Å²) in [6, 6.07) is 8.01. The van der Waals surface area contributed by atoms with Gasteiger partial charge in [-0.2, -0.15) is 0 Å². The molecule has 0 radical (unpaired) electrons. The van der Waals surface area contributed by atoms with E-state index in [1.54, 1.807) is 6.20 Å². The lowest BCUT2D eigenvalue weighted by atomic mass is 10.1. The number of aromatic nitrogens is 2. The Kier molecular flexibility index (Phi) is 8.05. The van der Waals surface area contributed by atoms with Crippen LogP contribution in [0.1, 0.15) is 67.2 Å². The quantitative estimate of drug-likeness (QED) is 0.582. The standard InChI is InChI=1S/C23H32ClN5O/c1-4-5-14-28(3)16-18-10-12-19(13-11-18)23(30)27-29(20-8-6-7-9-20)22-21(24)15-25-17(2)26-22/h10-13,15,20H,4-9,14,16H2,1-3H3,(H,27,30). The first-order chi connectivity index (χ1) is 14.5. The Labute approximate surface area is 184 Å². The Balaban J connectivity index is 1.72. The van der Waals surface area contributed by atoms with Crippen molar-refractivity contribution >= 4 is 23.3 Å². The highest BCUT2D eigenvalue weighted by molar-refractivity contribution is 6.32. The minimum Gasteiger partial charge on any atom is -0.302 e. The van der Waals surface area contributed by atoms with E-state index in [4.69, 9.17) is 11.6 Å². The summed E-state index contributed by atoms with van der Waals surface area (Å²) < 4.78 is 0. The Bertz CT molecular complexity index is 836. The fourth-order valence-corrected chi connectivity index (χ4v) is 4.03. The number of benzene rings is 1. The topological polar surface area (TPSA) is 61.4 Å². The second-order valence-corrected chi connectivity index (χ2v) is 8.53. The second kappa shape index (κ2) is 10.7. The summed E-state index contributed by atoms with van der Waals surface area (Å²) in [7, 11) is 2.13. The number of halogens is 1. The summed E-state index contributed by atoms with van der Waals surface area (Å²) in [5.74, 6) is 1.04. The van der Waals surface area contributed by atoms with Gasteiger partial charge in [0.1, 0.15) is 10.8 Å². The molecule has 1 aliphatic carbocycles. The van der Waals surface area contributed by atoms with E-state index in [9.17, 15) is 4.79 Å². The number of unbranched alkanes of at least 4 members (excludes halogenated alkanes) is 1. The largest absolute Gasteiger partial charge is 0.302 e. The van der Waals surface area contributed by atoms with Crippen molar-refractivity contribution in [1.29, 1.82) is 0 Å². The molecule has 1 saturated carbocycles. The van der Waals surface area contributed by atoms with Crippen LogP contribution in [0.2, 0.25) is 5.02 Å². The van der Waals surface area contributed by atoms with E-state index in [-0.39, 0.29) is 11.9 Å². The number of nitrogens with one attached hydrogen (secondary N) is 1. The van der Waals surface area contributed by atoms with Crippen LogP contribution in [0.3, 0.4) is 0 Å². The van der Waals surface area contributed by atoms with Gasteiger partial charge in [0.25, 0.3) is 5.91 Å². The predicted octanol–water partition coefficient (Wildman–Crippen LogP) is 4.76. The fourth-order valence-electron chi connectivity index (χ4n) is 3.85. The summed E-state index contributed by atoms with van der Waals surface area (Å²) in [5, 5.41) is 2.29. The molecule has 1 amide bonds. The van der Waals surface area contributed by atoms with Crippen molar-refractivity contribution < 1.29 is 4.79 Å². The first-order valence-corrected chi connectivity index (χ1v) is 11.2. The zero-order chi connectivity index (χ0) is 21.5. The third-order valence-electron chi connectivity index (χ3n) is 5.55. The number of anilines is 1. The Morgan fingerprint density at radius 2 is 1.93 bits per heavy atom. The average molecular weight is 430 g/mol. The number of carbonyl (C=O) groups excluding carboxylic acids is 1. The molecule has 7 heteroatoms. The van der Waals surface area contributed by atoms with Gasteiger partial charge in [0.2, 0.25) is 0 Å². The maximum Gasteiger partial charge on any atom is 0.269 e.